The van der Waals surface area contributed by atoms with Crippen molar-refractivity contribution in [1.82, 2.24) is 5.32 Å². The zero-order chi connectivity index (χ0) is 12.3. The number of benzene rings is 1. The predicted octanol–water partition coefficient (Wildman–Crippen LogP) is 1.99. The monoisotopic (exact) mass is 270 g/mol. The maximum absolute atomic E-state index is 11.9. The standard InChI is InChI=1S/C13H18N2O2.ClH/c1-9(12-3-2-8-17-12)15-13(16)10-4-6-11(14)7-5-10;/h4-7,9,12H,2-3,8,14H2,1H3,(H,15,16);1H. The zero-order valence-corrected chi connectivity index (χ0v) is 11.2. The molecule has 2 atom stereocenters. The molecule has 2 unspecified atom stereocenters. The van der Waals surface area contributed by atoms with Crippen LogP contribution < -0.4 is 11.1 Å². The molecule has 1 saturated heterocycles. The Morgan fingerprint density at radius 2 is 2.11 bits per heavy atom. The van der Waals surface area contributed by atoms with Crippen LogP contribution in [-0.2, 0) is 4.74 Å². The quantitative estimate of drug-likeness (QED) is 0.826. The van der Waals surface area contributed by atoms with Crippen LogP contribution in [0.1, 0.15) is 30.1 Å². The summed E-state index contributed by atoms with van der Waals surface area (Å²) in [5.41, 5.74) is 6.87. The van der Waals surface area contributed by atoms with Crippen molar-refractivity contribution in [2.45, 2.75) is 31.9 Å². The van der Waals surface area contributed by atoms with Gasteiger partial charge in [0, 0.05) is 17.9 Å². The molecule has 0 radical (unpaired) electrons. The number of amides is 1. The Morgan fingerprint density at radius 1 is 1.44 bits per heavy atom. The van der Waals surface area contributed by atoms with E-state index in [4.69, 9.17) is 10.5 Å². The number of hydrogen-bond donors (Lipinski definition) is 2. The Labute approximate surface area is 113 Å². The third kappa shape index (κ3) is 3.62. The van der Waals surface area contributed by atoms with Gasteiger partial charge in [0.15, 0.2) is 0 Å². The summed E-state index contributed by atoms with van der Waals surface area (Å²) in [7, 11) is 0. The molecule has 0 bridgehead atoms. The van der Waals surface area contributed by atoms with E-state index in [1.807, 2.05) is 6.92 Å². The molecule has 1 aromatic carbocycles. The minimum Gasteiger partial charge on any atom is -0.399 e. The second-order valence-electron chi connectivity index (χ2n) is 4.44. The van der Waals surface area contributed by atoms with Gasteiger partial charge in [0.2, 0.25) is 0 Å². The Kier molecular flexibility index (Phi) is 5.44. The van der Waals surface area contributed by atoms with Crippen molar-refractivity contribution in [1.29, 1.82) is 0 Å². The first-order valence-corrected chi connectivity index (χ1v) is 5.95. The molecule has 1 heterocycles. The molecule has 1 aliphatic rings. The fourth-order valence-electron chi connectivity index (χ4n) is 2.01. The van der Waals surface area contributed by atoms with Gasteiger partial charge >= 0.3 is 0 Å². The van der Waals surface area contributed by atoms with Crippen LogP contribution in [-0.4, -0.2) is 24.7 Å². The van der Waals surface area contributed by atoms with Crippen LogP contribution in [0.5, 0.6) is 0 Å². The van der Waals surface area contributed by atoms with E-state index in [0.29, 0.717) is 11.3 Å². The summed E-state index contributed by atoms with van der Waals surface area (Å²) in [4.78, 5) is 11.9. The van der Waals surface area contributed by atoms with Crippen LogP contribution in [0.3, 0.4) is 0 Å². The second kappa shape index (κ2) is 6.61. The fraction of sp³-hybridized carbons (Fsp3) is 0.462. The molecule has 0 aromatic heterocycles. The molecule has 1 aromatic rings. The normalized spacial score (nSPS) is 19.9. The molecule has 100 valence electrons. The van der Waals surface area contributed by atoms with Gasteiger partial charge in [0.05, 0.1) is 12.1 Å². The summed E-state index contributed by atoms with van der Waals surface area (Å²) in [5.74, 6) is -0.0759. The first-order valence-electron chi connectivity index (χ1n) is 5.95. The molecule has 0 spiro atoms. The number of ether oxygens (including phenoxy) is 1. The van der Waals surface area contributed by atoms with E-state index >= 15 is 0 Å². The summed E-state index contributed by atoms with van der Waals surface area (Å²) < 4.78 is 5.54. The van der Waals surface area contributed by atoms with Gasteiger partial charge in [0.1, 0.15) is 0 Å². The van der Waals surface area contributed by atoms with Gasteiger partial charge in [0.25, 0.3) is 5.91 Å². The number of nitrogens with one attached hydrogen (secondary N) is 1. The van der Waals surface area contributed by atoms with Crippen molar-refractivity contribution in [2.24, 2.45) is 0 Å². The molecular weight excluding hydrogens is 252 g/mol. The highest BCUT2D eigenvalue weighted by atomic mass is 35.5. The van der Waals surface area contributed by atoms with Crippen molar-refractivity contribution in [3.63, 3.8) is 0 Å². The highest BCUT2D eigenvalue weighted by molar-refractivity contribution is 5.94. The number of carbonyl (C=O) groups excluding carboxylic acids is 1. The van der Waals surface area contributed by atoms with Gasteiger partial charge in [-0.05, 0) is 44.0 Å². The number of anilines is 1. The molecule has 1 amide bonds. The van der Waals surface area contributed by atoms with Crippen LogP contribution in [0.2, 0.25) is 0 Å². The SMILES string of the molecule is CC(NC(=O)c1ccc(N)cc1)C1CCCO1.Cl. The van der Waals surface area contributed by atoms with Crippen molar-refractivity contribution in [2.75, 3.05) is 12.3 Å². The second-order valence-corrected chi connectivity index (χ2v) is 4.44. The van der Waals surface area contributed by atoms with E-state index in [0.717, 1.165) is 19.4 Å². The first kappa shape index (κ1) is 14.8. The van der Waals surface area contributed by atoms with E-state index in [9.17, 15) is 4.79 Å². The predicted molar refractivity (Wildman–Crippen MR) is 74.0 cm³/mol. The number of hydrogen-bond acceptors (Lipinski definition) is 3. The van der Waals surface area contributed by atoms with Crippen LogP contribution in [0.4, 0.5) is 5.69 Å². The van der Waals surface area contributed by atoms with Crippen LogP contribution >= 0.6 is 12.4 Å². The molecular formula is C13H19ClN2O2. The van der Waals surface area contributed by atoms with Crippen molar-refractivity contribution >= 4 is 24.0 Å². The minimum absolute atomic E-state index is 0. The molecule has 1 fully saturated rings. The number of nitrogen functional groups attached to an aromatic ring is 1. The van der Waals surface area contributed by atoms with Gasteiger partial charge in [-0.25, -0.2) is 0 Å². The van der Waals surface area contributed by atoms with Gasteiger partial charge in [-0.2, -0.15) is 0 Å². The van der Waals surface area contributed by atoms with E-state index in [1.165, 1.54) is 0 Å². The molecule has 18 heavy (non-hydrogen) atoms. The van der Waals surface area contributed by atoms with Crippen molar-refractivity contribution < 1.29 is 9.53 Å². The average molecular weight is 271 g/mol. The Bertz CT molecular complexity index is 388. The van der Waals surface area contributed by atoms with E-state index in [-0.39, 0.29) is 30.5 Å². The Morgan fingerprint density at radius 3 is 2.67 bits per heavy atom. The van der Waals surface area contributed by atoms with Gasteiger partial charge < -0.3 is 15.8 Å². The maximum Gasteiger partial charge on any atom is 0.251 e. The van der Waals surface area contributed by atoms with Gasteiger partial charge in [-0.3, -0.25) is 4.79 Å². The van der Waals surface area contributed by atoms with Crippen molar-refractivity contribution in [3.05, 3.63) is 29.8 Å². The molecule has 0 saturated carbocycles. The largest absolute Gasteiger partial charge is 0.399 e. The number of rotatable bonds is 3. The fourth-order valence-corrected chi connectivity index (χ4v) is 2.01. The molecule has 3 N–H and O–H groups in total. The van der Waals surface area contributed by atoms with Gasteiger partial charge in [-0.15, -0.1) is 12.4 Å². The highest BCUT2D eigenvalue weighted by Gasteiger charge is 2.23. The lowest BCUT2D eigenvalue weighted by Gasteiger charge is -2.19. The summed E-state index contributed by atoms with van der Waals surface area (Å²) in [6.07, 6.45) is 2.24. The smallest absolute Gasteiger partial charge is 0.251 e. The summed E-state index contributed by atoms with van der Waals surface area (Å²) >= 11 is 0. The topological polar surface area (TPSA) is 64.4 Å². The first-order chi connectivity index (χ1) is 8.16. The van der Waals surface area contributed by atoms with Crippen LogP contribution in [0.25, 0.3) is 0 Å². The van der Waals surface area contributed by atoms with E-state index < -0.39 is 0 Å². The van der Waals surface area contributed by atoms with Crippen LogP contribution in [0, 0.1) is 0 Å². The number of halogens is 1. The molecule has 0 aliphatic carbocycles. The van der Waals surface area contributed by atoms with Crippen LogP contribution in [0.15, 0.2) is 24.3 Å². The lowest BCUT2D eigenvalue weighted by atomic mass is 10.1. The third-order valence-corrected chi connectivity index (χ3v) is 3.05. The third-order valence-electron chi connectivity index (χ3n) is 3.05. The number of nitrogens with two attached hydrogens (primary N) is 1. The maximum atomic E-state index is 11.9. The minimum atomic E-state index is -0.0759. The Balaban J connectivity index is 0.00000162. The average Bonchev–Trinajstić information content (AvgIpc) is 2.83. The highest BCUT2D eigenvalue weighted by Crippen LogP contribution is 2.16. The van der Waals surface area contributed by atoms with E-state index in [2.05, 4.69) is 5.32 Å². The zero-order valence-electron chi connectivity index (χ0n) is 10.4. The lowest BCUT2D eigenvalue weighted by molar-refractivity contribution is 0.0712. The van der Waals surface area contributed by atoms with Gasteiger partial charge in [-0.1, -0.05) is 0 Å². The number of carbonyl (C=O) groups is 1. The summed E-state index contributed by atoms with van der Waals surface area (Å²) in [6.45, 7) is 2.78. The Hall–Kier alpha value is -1.26. The van der Waals surface area contributed by atoms with E-state index in [1.54, 1.807) is 24.3 Å². The van der Waals surface area contributed by atoms with Crippen molar-refractivity contribution in [3.8, 4) is 0 Å². The lowest BCUT2D eigenvalue weighted by Crippen LogP contribution is -2.40. The molecule has 5 heteroatoms. The summed E-state index contributed by atoms with van der Waals surface area (Å²) in [6, 6.07) is 6.96. The molecule has 1 aliphatic heterocycles. The summed E-state index contributed by atoms with van der Waals surface area (Å²) in [5, 5.41) is 2.95. The molecule has 2 rings (SSSR count). The molecule has 4 nitrogen and oxygen atoms in total.